The molecule has 1 aromatic rings. The van der Waals surface area contributed by atoms with Crippen molar-refractivity contribution in [3.63, 3.8) is 0 Å². The van der Waals surface area contributed by atoms with E-state index in [1.165, 1.54) is 55.3 Å². The third-order valence-electron chi connectivity index (χ3n) is 4.50. The molecule has 1 fully saturated rings. The van der Waals surface area contributed by atoms with Crippen LogP contribution < -0.4 is 0 Å². The molecule has 1 N–H and O–H groups in total. The van der Waals surface area contributed by atoms with E-state index < -0.39 is 0 Å². The Morgan fingerprint density at radius 2 is 1.87 bits per heavy atom. The van der Waals surface area contributed by atoms with E-state index in [0.29, 0.717) is 5.75 Å². The lowest BCUT2D eigenvalue weighted by Crippen LogP contribution is -2.31. The molecule has 0 atom stereocenters. The van der Waals surface area contributed by atoms with Crippen molar-refractivity contribution in [1.82, 2.24) is 9.80 Å². The van der Waals surface area contributed by atoms with Crippen LogP contribution in [0.15, 0.2) is 12.1 Å². The van der Waals surface area contributed by atoms with E-state index in [2.05, 4.69) is 45.5 Å². The Labute approximate surface area is 161 Å². The van der Waals surface area contributed by atoms with Gasteiger partial charge in [0.05, 0.1) is 0 Å². The van der Waals surface area contributed by atoms with Gasteiger partial charge in [0.25, 0.3) is 0 Å². The minimum absolute atomic E-state index is 0. The predicted octanol–water partition coefficient (Wildman–Crippen LogP) is 4.42. The molecule has 1 heterocycles. The Bertz CT molecular complexity index is 478. The maximum atomic E-state index is 10.2. The van der Waals surface area contributed by atoms with Crippen LogP contribution in [0.4, 0.5) is 0 Å². The number of nitrogens with zero attached hydrogens (tertiary/aromatic N) is 2. The third kappa shape index (κ3) is 7.16. The van der Waals surface area contributed by atoms with Crippen molar-refractivity contribution < 1.29 is 5.11 Å². The second kappa shape index (κ2) is 10.7. The zero-order valence-electron chi connectivity index (χ0n) is 14.4. The first kappa shape index (κ1) is 21.0. The van der Waals surface area contributed by atoms with Crippen LogP contribution in [0.2, 0.25) is 0 Å². The van der Waals surface area contributed by atoms with E-state index in [1.54, 1.807) is 0 Å². The van der Waals surface area contributed by atoms with Gasteiger partial charge in [-0.15, -0.1) is 12.4 Å². The minimum Gasteiger partial charge on any atom is -0.507 e. The van der Waals surface area contributed by atoms with Gasteiger partial charge in [-0.1, -0.05) is 6.42 Å². The van der Waals surface area contributed by atoms with Crippen LogP contribution in [0.3, 0.4) is 0 Å². The van der Waals surface area contributed by atoms with Crippen molar-refractivity contribution in [3.8, 4) is 5.75 Å². The SMILES string of the molecule is Cc1cc(I)cc(CN(C)CCCCN2CCCCC2)c1O.Cl. The number of aryl methyl sites for hydroxylation is 1. The lowest BCUT2D eigenvalue weighted by molar-refractivity contribution is 0.218. The van der Waals surface area contributed by atoms with Gasteiger partial charge in [-0.3, -0.25) is 0 Å². The summed E-state index contributed by atoms with van der Waals surface area (Å²) in [5.41, 5.74) is 2.02. The Morgan fingerprint density at radius 3 is 2.57 bits per heavy atom. The lowest BCUT2D eigenvalue weighted by Gasteiger charge is -2.26. The van der Waals surface area contributed by atoms with Crippen LogP contribution in [-0.4, -0.2) is 48.1 Å². The second-order valence-corrected chi connectivity index (χ2v) is 7.82. The van der Waals surface area contributed by atoms with E-state index in [1.807, 2.05) is 13.0 Å². The number of likely N-dealkylation sites (tertiary alicyclic amines) is 1. The average Bonchev–Trinajstić information content (AvgIpc) is 2.50. The van der Waals surface area contributed by atoms with Crippen LogP contribution >= 0.6 is 35.0 Å². The molecule has 0 unspecified atom stereocenters. The molecule has 2 rings (SSSR count). The molecule has 0 aromatic heterocycles. The molecule has 132 valence electrons. The summed E-state index contributed by atoms with van der Waals surface area (Å²) in [6.07, 6.45) is 6.69. The molecule has 0 amide bonds. The van der Waals surface area contributed by atoms with Crippen LogP contribution in [0.1, 0.15) is 43.2 Å². The van der Waals surface area contributed by atoms with E-state index >= 15 is 0 Å². The molecule has 23 heavy (non-hydrogen) atoms. The van der Waals surface area contributed by atoms with Crippen molar-refractivity contribution in [2.45, 2.75) is 45.6 Å². The number of hydrogen-bond donors (Lipinski definition) is 1. The van der Waals surface area contributed by atoms with E-state index in [4.69, 9.17) is 0 Å². The molecule has 0 saturated carbocycles. The molecule has 0 aliphatic carbocycles. The lowest BCUT2D eigenvalue weighted by atomic mass is 10.1. The Hall–Kier alpha value is -0.0400. The highest BCUT2D eigenvalue weighted by Gasteiger charge is 2.11. The fourth-order valence-corrected chi connectivity index (χ4v) is 4.04. The highest BCUT2D eigenvalue weighted by Crippen LogP contribution is 2.25. The largest absolute Gasteiger partial charge is 0.507 e. The predicted molar refractivity (Wildman–Crippen MR) is 109 cm³/mol. The molecular weight excluding hydrogens is 423 g/mol. The Balaban J connectivity index is 0.00000264. The molecule has 1 aliphatic rings. The molecule has 1 aromatic carbocycles. The van der Waals surface area contributed by atoms with Crippen molar-refractivity contribution in [2.75, 3.05) is 33.2 Å². The van der Waals surface area contributed by atoms with E-state index in [0.717, 1.165) is 24.2 Å². The fourth-order valence-electron chi connectivity index (χ4n) is 3.20. The van der Waals surface area contributed by atoms with E-state index in [-0.39, 0.29) is 12.4 Å². The molecule has 0 spiro atoms. The summed E-state index contributed by atoms with van der Waals surface area (Å²) < 4.78 is 1.20. The first-order chi connectivity index (χ1) is 10.6. The summed E-state index contributed by atoms with van der Waals surface area (Å²) in [6, 6.07) is 4.12. The molecule has 1 saturated heterocycles. The summed E-state index contributed by atoms with van der Waals surface area (Å²) in [5, 5.41) is 10.2. The number of rotatable bonds is 7. The van der Waals surface area contributed by atoms with Gasteiger partial charge in [0.15, 0.2) is 0 Å². The summed E-state index contributed by atoms with van der Waals surface area (Å²) in [4.78, 5) is 4.93. The first-order valence-corrected chi connectivity index (χ1v) is 9.53. The van der Waals surface area contributed by atoms with Crippen molar-refractivity contribution >= 4 is 35.0 Å². The number of hydrogen-bond acceptors (Lipinski definition) is 3. The molecule has 1 aliphatic heterocycles. The maximum absolute atomic E-state index is 10.2. The zero-order chi connectivity index (χ0) is 15.9. The normalized spacial score (nSPS) is 15.7. The van der Waals surface area contributed by atoms with Gasteiger partial charge in [0, 0.05) is 15.7 Å². The number of unbranched alkanes of at least 4 members (excludes halogenated alkanes) is 1. The number of aromatic hydroxyl groups is 1. The van der Waals surface area contributed by atoms with Gasteiger partial charge in [0.2, 0.25) is 0 Å². The number of piperidine rings is 1. The van der Waals surface area contributed by atoms with Crippen molar-refractivity contribution in [1.29, 1.82) is 0 Å². The van der Waals surface area contributed by atoms with Crippen LogP contribution in [0.25, 0.3) is 0 Å². The smallest absolute Gasteiger partial charge is 0.123 e. The molecular formula is C18H30ClIN2O. The summed E-state index contributed by atoms with van der Waals surface area (Å²) in [5.74, 6) is 0.459. The Kier molecular flexibility index (Phi) is 9.82. The number of halogens is 2. The highest BCUT2D eigenvalue weighted by atomic mass is 127. The number of phenols is 1. The van der Waals surface area contributed by atoms with Gasteiger partial charge in [-0.25, -0.2) is 0 Å². The van der Waals surface area contributed by atoms with Crippen LogP contribution in [0, 0.1) is 10.5 Å². The molecule has 3 nitrogen and oxygen atoms in total. The summed E-state index contributed by atoms with van der Waals surface area (Å²) >= 11 is 2.32. The van der Waals surface area contributed by atoms with Crippen LogP contribution in [0.5, 0.6) is 5.75 Å². The summed E-state index contributed by atoms with van der Waals surface area (Å²) in [7, 11) is 2.15. The summed E-state index contributed by atoms with van der Waals surface area (Å²) in [6.45, 7) is 7.74. The molecule has 0 radical (unpaired) electrons. The topological polar surface area (TPSA) is 26.7 Å². The minimum atomic E-state index is 0. The van der Waals surface area contributed by atoms with Crippen molar-refractivity contribution in [3.05, 3.63) is 26.8 Å². The fraction of sp³-hybridized carbons (Fsp3) is 0.667. The number of phenolic OH excluding ortho intramolecular Hbond substituents is 1. The van der Waals surface area contributed by atoms with Gasteiger partial charge < -0.3 is 14.9 Å². The standard InChI is InChI=1S/C18H29IN2O.ClH/c1-15-12-17(19)13-16(18(15)22)14-20(2)8-6-7-11-21-9-4-3-5-10-21;/h12-13,22H,3-11,14H2,1-2H3;1H. The molecule has 0 bridgehead atoms. The second-order valence-electron chi connectivity index (χ2n) is 6.58. The highest BCUT2D eigenvalue weighted by molar-refractivity contribution is 14.1. The monoisotopic (exact) mass is 452 g/mol. The number of benzene rings is 1. The zero-order valence-corrected chi connectivity index (χ0v) is 17.3. The van der Waals surface area contributed by atoms with Gasteiger partial charge >= 0.3 is 0 Å². The van der Waals surface area contributed by atoms with Crippen molar-refractivity contribution in [2.24, 2.45) is 0 Å². The first-order valence-electron chi connectivity index (χ1n) is 8.45. The quantitative estimate of drug-likeness (QED) is 0.490. The molecule has 5 heteroatoms. The van der Waals surface area contributed by atoms with Gasteiger partial charge in [0.1, 0.15) is 5.75 Å². The Morgan fingerprint density at radius 1 is 1.17 bits per heavy atom. The third-order valence-corrected chi connectivity index (χ3v) is 5.12. The maximum Gasteiger partial charge on any atom is 0.123 e. The average molecular weight is 453 g/mol. The van der Waals surface area contributed by atoms with Gasteiger partial charge in [-0.2, -0.15) is 0 Å². The van der Waals surface area contributed by atoms with Gasteiger partial charge in [-0.05, 0) is 106 Å². The van der Waals surface area contributed by atoms with E-state index in [9.17, 15) is 5.11 Å². The van der Waals surface area contributed by atoms with Crippen LogP contribution in [-0.2, 0) is 6.54 Å².